The zero-order valence-electron chi connectivity index (χ0n) is 11.9. The Morgan fingerprint density at radius 3 is 2.39 bits per heavy atom. The van der Waals surface area contributed by atoms with E-state index < -0.39 is 0 Å². The van der Waals surface area contributed by atoms with Crippen LogP contribution in [-0.2, 0) is 6.42 Å². The van der Waals surface area contributed by atoms with Gasteiger partial charge < -0.3 is 5.32 Å². The van der Waals surface area contributed by atoms with E-state index in [4.69, 9.17) is 6.42 Å². The lowest BCUT2D eigenvalue weighted by atomic mass is 10.00. The maximum atomic E-state index is 5.24. The first-order valence-corrected chi connectivity index (χ1v) is 6.89. The first-order chi connectivity index (χ1) is 8.63. The van der Waals surface area contributed by atoms with Gasteiger partial charge in [-0.05, 0) is 43.4 Å². The molecule has 1 aromatic carbocycles. The maximum absolute atomic E-state index is 5.24. The Hall–Kier alpha value is -1.26. The largest absolute Gasteiger partial charge is 0.310 e. The van der Waals surface area contributed by atoms with Crippen molar-refractivity contribution in [3.05, 3.63) is 35.4 Å². The van der Waals surface area contributed by atoms with Crippen molar-refractivity contribution in [1.82, 2.24) is 5.32 Å². The summed E-state index contributed by atoms with van der Waals surface area (Å²) in [5, 5.41) is 3.50. The fourth-order valence-electron chi connectivity index (χ4n) is 2.04. The third kappa shape index (κ3) is 5.38. The van der Waals surface area contributed by atoms with Crippen molar-refractivity contribution in [2.24, 2.45) is 5.92 Å². The number of nitrogens with one attached hydrogen (secondary N) is 1. The molecule has 18 heavy (non-hydrogen) atoms. The Balaban J connectivity index is 2.44. The van der Waals surface area contributed by atoms with Crippen LogP contribution in [0.1, 0.15) is 50.8 Å². The highest BCUT2D eigenvalue weighted by molar-refractivity contribution is 5.25. The predicted octanol–water partition coefficient (Wildman–Crippen LogP) is 3.95. The Labute approximate surface area is 112 Å². The second kappa shape index (κ2) is 7.95. The fraction of sp³-hybridized carbons (Fsp3) is 0.529. The maximum Gasteiger partial charge on any atom is 0.0291 e. The highest BCUT2D eigenvalue weighted by atomic mass is 14.9. The van der Waals surface area contributed by atoms with E-state index in [1.165, 1.54) is 11.1 Å². The molecule has 0 amide bonds. The highest BCUT2D eigenvalue weighted by Crippen LogP contribution is 2.15. The number of hydrogen-bond donors (Lipinski definition) is 1. The van der Waals surface area contributed by atoms with Gasteiger partial charge in [0.1, 0.15) is 0 Å². The average Bonchev–Trinajstić information content (AvgIpc) is 2.34. The minimum Gasteiger partial charge on any atom is -0.310 e. The van der Waals surface area contributed by atoms with Gasteiger partial charge in [0.15, 0.2) is 0 Å². The second-order valence-corrected chi connectivity index (χ2v) is 5.32. The quantitative estimate of drug-likeness (QED) is 0.565. The smallest absolute Gasteiger partial charge is 0.0291 e. The summed E-state index contributed by atoms with van der Waals surface area (Å²) in [6.45, 7) is 7.69. The van der Waals surface area contributed by atoms with E-state index in [0.717, 1.165) is 31.7 Å². The number of hydrogen-bond acceptors (Lipinski definition) is 1. The van der Waals surface area contributed by atoms with Crippen molar-refractivity contribution < 1.29 is 0 Å². The molecule has 0 saturated carbocycles. The third-order valence-electron chi connectivity index (χ3n) is 3.07. The van der Waals surface area contributed by atoms with Gasteiger partial charge in [-0.2, -0.15) is 0 Å². The van der Waals surface area contributed by atoms with Crippen LogP contribution in [0, 0.1) is 18.3 Å². The first-order valence-electron chi connectivity index (χ1n) is 6.89. The summed E-state index contributed by atoms with van der Waals surface area (Å²) in [4.78, 5) is 0. The average molecular weight is 243 g/mol. The third-order valence-corrected chi connectivity index (χ3v) is 3.07. The molecule has 0 aliphatic rings. The van der Waals surface area contributed by atoms with Crippen LogP contribution < -0.4 is 5.32 Å². The van der Waals surface area contributed by atoms with Crippen LogP contribution in [0.3, 0.4) is 0 Å². The minimum absolute atomic E-state index is 0.399. The van der Waals surface area contributed by atoms with Crippen molar-refractivity contribution in [2.45, 2.75) is 46.1 Å². The Bertz CT molecular complexity index is 370. The predicted molar refractivity (Wildman–Crippen MR) is 79.5 cm³/mol. The van der Waals surface area contributed by atoms with Crippen LogP contribution in [0.4, 0.5) is 0 Å². The van der Waals surface area contributed by atoms with Crippen LogP contribution in [-0.4, -0.2) is 6.54 Å². The lowest BCUT2D eigenvalue weighted by Crippen LogP contribution is -2.19. The molecule has 1 heteroatoms. The van der Waals surface area contributed by atoms with Gasteiger partial charge in [-0.15, -0.1) is 12.3 Å². The second-order valence-electron chi connectivity index (χ2n) is 5.32. The van der Waals surface area contributed by atoms with E-state index in [2.05, 4.69) is 56.3 Å². The van der Waals surface area contributed by atoms with E-state index >= 15 is 0 Å². The molecule has 0 bridgehead atoms. The van der Waals surface area contributed by atoms with E-state index in [0.29, 0.717) is 6.04 Å². The normalized spacial score (nSPS) is 12.4. The summed E-state index contributed by atoms with van der Waals surface area (Å²) in [5.74, 6) is 3.38. The van der Waals surface area contributed by atoms with Gasteiger partial charge in [-0.3, -0.25) is 0 Å². The molecular weight excluding hydrogens is 218 g/mol. The summed E-state index contributed by atoms with van der Waals surface area (Å²) in [6.07, 6.45) is 8.29. The molecule has 1 aromatic rings. The first kappa shape index (κ1) is 14.8. The number of benzene rings is 1. The summed E-state index contributed by atoms with van der Waals surface area (Å²) in [7, 11) is 0. The summed E-state index contributed by atoms with van der Waals surface area (Å²) < 4.78 is 0. The van der Waals surface area contributed by atoms with Crippen LogP contribution in [0.25, 0.3) is 0 Å². The van der Waals surface area contributed by atoms with E-state index in [1.54, 1.807) is 0 Å². The zero-order chi connectivity index (χ0) is 13.4. The van der Waals surface area contributed by atoms with E-state index in [-0.39, 0.29) is 0 Å². The molecule has 0 aliphatic carbocycles. The van der Waals surface area contributed by atoms with Gasteiger partial charge in [-0.25, -0.2) is 0 Å². The van der Waals surface area contributed by atoms with Crippen LogP contribution in [0.5, 0.6) is 0 Å². The van der Waals surface area contributed by atoms with E-state index in [9.17, 15) is 0 Å². The monoisotopic (exact) mass is 243 g/mol. The summed E-state index contributed by atoms with van der Waals surface area (Å²) in [6, 6.07) is 9.35. The summed E-state index contributed by atoms with van der Waals surface area (Å²) >= 11 is 0. The number of rotatable bonds is 7. The SMILES string of the molecule is C#CCCCNC(C)c1ccc(CC(C)C)cc1. The number of unbranched alkanes of at least 4 members (excludes halogenated alkanes) is 1. The minimum atomic E-state index is 0.399. The molecule has 1 nitrogen and oxygen atoms in total. The molecular formula is C17H25N. The van der Waals surface area contributed by atoms with Crippen molar-refractivity contribution in [3.63, 3.8) is 0 Å². The number of terminal acetylenes is 1. The van der Waals surface area contributed by atoms with Gasteiger partial charge in [0.25, 0.3) is 0 Å². The zero-order valence-corrected chi connectivity index (χ0v) is 11.9. The van der Waals surface area contributed by atoms with Gasteiger partial charge in [0.2, 0.25) is 0 Å². The van der Waals surface area contributed by atoms with Crippen molar-refractivity contribution in [2.75, 3.05) is 6.54 Å². The highest BCUT2D eigenvalue weighted by Gasteiger charge is 2.04. The molecule has 0 aliphatic heterocycles. The Morgan fingerprint density at radius 1 is 1.17 bits per heavy atom. The van der Waals surface area contributed by atoms with Crippen LogP contribution >= 0.6 is 0 Å². The summed E-state index contributed by atoms with van der Waals surface area (Å²) in [5.41, 5.74) is 2.77. The van der Waals surface area contributed by atoms with Crippen LogP contribution in [0.2, 0.25) is 0 Å². The Morgan fingerprint density at radius 2 is 1.83 bits per heavy atom. The van der Waals surface area contributed by atoms with Gasteiger partial charge in [0.05, 0.1) is 0 Å². The van der Waals surface area contributed by atoms with Gasteiger partial charge >= 0.3 is 0 Å². The van der Waals surface area contributed by atoms with Gasteiger partial charge in [-0.1, -0.05) is 38.1 Å². The van der Waals surface area contributed by atoms with Crippen LogP contribution in [0.15, 0.2) is 24.3 Å². The molecule has 1 N–H and O–H groups in total. The Kier molecular flexibility index (Phi) is 6.54. The van der Waals surface area contributed by atoms with E-state index in [1.807, 2.05) is 0 Å². The lowest BCUT2D eigenvalue weighted by molar-refractivity contribution is 0.562. The molecule has 98 valence electrons. The van der Waals surface area contributed by atoms with Crippen molar-refractivity contribution >= 4 is 0 Å². The molecule has 0 aromatic heterocycles. The molecule has 0 spiro atoms. The molecule has 0 heterocycles. The topological polar surface area (TPSA) is 12.0 Å². The molecule has 0 radical (unpaired) electrons. The molecule has 1 unspecified atom stereocenters. The molecule has 1 atom stereocenters. The lowest BCUT2D eigenvalue weighted by Gasteiger charge is -2.14. The molecule has 0 fully saturated rings. The van der Waals surface area contributed by atoms with Gasteiger partial charge in [0, 0.05) is 12.5 Å². The molecule has 0 saturated heterocycles. The standard InChI is InChI=1S/C17H25N/c1-5-6-7-12-18-15(4)17-10-8-16(9-11-17)13-14(2)3/h1,8-11,14-15,18H,6-7,12-13H2,2-4H3. The van der Waals surface area contributed by atoms with Crippen molar-refractivity contribution in [1.29, 1.82) is 0 Å². The molecule has 1 rings (SSSR count). The fourth-order valence-corrected chi connectivity index (χ4v) is 2.04. The van der Waals surface area contributed by atoms with Crippen molar-refractivity contribution in [3.8, 4) is 12.3 Å².